The molecule has 0 aliphatic heterocycles. The van der Waals surface area contributed by atoms with Crippen molar-refractivity contribution in [1.82, 2.24) is 4.90 Å². The van der Waals surface area contributed by atoms with Crippen LogP contribution in [-0.2, 0) is 14.3 Å². The van der Waals surface area contributed by atoms with Gasteiger partial charge in [0.2, 0.25) is 0 Å². The summed E-state index contributed by atoms with van der Waals surface area (Å²) < 4.78 is 26.2. The standard InChI is InChI=1S/C9H19NO5S/c1-7(6-15-16(5,13)14)10(8(11)12)9(2,3)4/h7H,6H2,1-5H3,(H,11,12)/t7-/m1/s1. The van der Waals surface area contributed by atoms with Gasteiger partial charge in [0.15, 0.2) is 0 Å². The fourth-order valence-electron chi connectivity index (χ4n) is 1.43. The number of carboxylic acid groups (broad SMARTS) is 1. The van der Waals surface area contributed by atoms with E-state index in [1.165, 1.54) is 0 Å². The predicted octanol–water partition coefficient (Wildman–Crippen LogP) is 1.13. The van der Waals surface area contributed by atoms with Gasteiger partial charge in [0, 0.05) is 5.54 Å². The maximum atomic E-state index is 11.0. The van der Waals surface area contributed by atoms with E-state index in [4.69, 9.17) is 5.11 Å². The Bertz CT molecular complexity index is 343. The van der Waals surface area contributed by atoms with E-state index < -0.39 is 27.8 Å². The molecule has 0 fully saturated rings. The average molecular weight is 253 g/mol. The highest BCUT2D eigenvalue weighted by Crippen LogP contribution is 2.17. The van der Waals surface area contributed by atoms with Crippen LogP contribution in [0.1, 0.15) is 27.7 Å². The third kappa shape index (κ3) is 5.32. The Morgan fingerprint density at radius 3 is 2.12 bits per heavy atom. The van der Waals surface area contributed by atoms with Crippen LogP contribution < -0.4 is 0 Å². The van der Waals surface area contributed by atoms with E-state index in [0.29, 0.717) is 0 Å². The Labute approximate surface area is 96.3 Å². The number of nitrogens with zero attached hydrogens (tertiary/aromatic N) is 1. The van der Waals surface area contributed by atoms with Crippen molar-refractivity contribution >= 4 is 16.2 Å². The van der Waals surface area contributed by atoms with Gasteiger partial charge in [-0.2, -0.15) is 8.42 Å². The molecule has 0 unspecified atom stereocenters. The van der Waals surface area contributed by atoms with Gasteiger partial charge in [0.1, 0.15) is 0 Å². The molecule has 0 aliphatic rings. The van der Waals surface area contributed by atoms with E-state index in [0.717, 1.165) is 11.2 Å². The Hall–Kier alpha value is -0.820. The van der Waals surface area contributed by atoms with Crippen LogP contribution in [0.15, 0.2) is 0 Å². The lowest BCUT2D eigenvalue weighted by atomic mass is 10.0. The van der Waals surface area contributed by atoms with Crippen molar-refractivity contribution in [3.63, 3.8) is 0 Å². The van der Waals surface area contributed by atoms with Gasteiger partial charge in [-0.15, -0.1) is 0 Å². The van der Waals surface area contributed by atoms with E-state index in [9.17, 15) is 13.2 Å². The lowest BCUT2D eigenvalue weighted by Gasteiger charge is -2.37. The molecule has 0 aliphatic carbocycles. The van der Waals surface area contributed by atoms with E-state index in [1.54, 1.807) is 27.7 Å². The first-order chi connectivity index (χ1) is 6.95. The van der Waals surface area contributed by atoms with Crippen LogP contribution in [0.25, 0.3) is 0 Å². The Morgan fingerprint density at radius 2 is 1.88 bits per heavy atom. The van der Waals surface area contributed by atoms with Gasteiger partial charge >= 0.3 is 6.09 Å². The normalized spacial score (nSPS) is 14.6. The molecule has 1 atom stereocenters. The fourth-order valence-corrected chi connectivity index (χ4v) is 1.88. The monoisotopic (exact) mass is 253 g/mol. The zero-order valence-electron chi connectivity index (χ0n) is 10.2. The molecule has 0 radical (unpaired) electrons. The Kier molecular flexibility index (Phi) is 4.75. The van der Waals surface area contributed by atoms with E-state index in [2.05, 4.69) is 4.18 Å². The molecule has 0 aromatic heterocycles. The van der Waals surface area contributed by atoms with Crippen molar-refractivity contribution in [3.8, 4) is 0 Å². The highest BCUT2D eigenvalue weighted by Gasteiger charge is 2.31. The molecule has 0 heterocycles. The summed E-state index contributed by atoms with van der Waals surface area (Å²) in [6.07, 6.45) is -0.167. The minimum atomic E-state index is -3.54. The minimum Gasteiger partial charge on any atom is -0.465 e. The molecule has 0 bridgehead atoms. The van der Waals surface area contributed by atoms with Crippen molar-refractivity contribution in [1.29, 1.82) is 0 Å². The first-order valence-corrected chi connectivity index (χ1v) is 6.63. The summed E-state index contributed by atoms with van der Waals surface area (Å²) in [5.74, 6) is 0. The Balaban J connectivity index is 4.66. The van der Waals surface area contributed by atoms with Crippen LogP contribution >= 0.6 is 0 Å². The summed E-state index contributed by atoms with van der Waals surface area (Å²) in [4.78, 5) is 12.2. The van der Waals surface area contributed by atoms with Gasteiger partial charge in [-0.3, -0.25) is 9.08 Å². The number of amides is 1. The van der Waals surface area contributed by atoms with Gasteiger partial charge in [-0.05, 0) is 27.7 Å². The first-order valence-electron chi connectivity index (χ1n) is 4.82. The number of rotatable bonds is 4. The average Bonchev–Trinajstić information content (AvgIpc) is 1.95. The molecule has 0 saturated carbocycles. The van der Waals surface area contributed by atoms with Crippen molar-refractivity contribution in [2.75, 3.05) is 12.9 Å². The van der Waals surface area contributed by atoms with E-state index in [-0.39, 0.29) is 6.61 Å². The number of hydrogen-bond donors (Lipinski definition) is 1. The second-order valence-corrected chi connectivity index (χ2v) is 6.31. The summed E-state index contributed by atoms with van der Waals surface area (Å²) in [5, 5.41) is 9.03. The quantitative estimate of drug-likeness (QED) is 0.759. The second kappa shape index (κ2) is 5.01. The summed E-state index contributed by atoms with van der Waals surface area (Å²) in [6, 6.07) is -0.535. The zero-order valence-corrected chi connectivity index (χ0v) is 11.0. The second-order valence-electron chi connectivity index (χ2n) is 4.66. The molecule has 7 heteroatoms. The summed E-state index contributed by atoms with van der Waals surface area (Å²) in [7, 11) is -3.54. The van der Waals surface area contributed by atoms with Crippen LogP contribution in [0, 0.1) is 0 Å². The van der Waals surface area contributed by atoms with Crippen LogP contribution in [0.2, 0.25) is 0 Å². The minimum absolute atomic E-state index is 0.178. The molecule has 0 aromatic carbocycles. The largest absolute Gasteiger partial charge is 0.465 e. The molecule has 6 nitrogen and oxygen atoms in total. The topological polar surface area (TPSA) is 83.9 Å². The molecule has 16 heavy (non-hydrogen) atoms. The summed E-state index contributed by atoms with van der Waals surface area (Å²) in [6.45, 7) is 6.63. The van der Waals surface area contributed by atoms with Crippen molar-refractivity contribution in [3.05, 3.63) is 0 Å². The van der Waals surface area contributed by atoms with Gasteiger partial charge in [0.25, 0.3) is 10.1 Å². The maximum absolute atomic E-state index is 11.0. The van der Waals surface area contributed by atoms with Crippen LogP contribution in [-0.4, -0.2) is 49.0 Å². The number of carbonyl (C=O) groups is 1. The SMILES string of the molecule is C[C@H](COS(C)(=O)=O)N(C(=O)O)C(C)(C)C. The molecular formula is C9H19NO5S. The molecule has 96 valence electrons. The Morgan fingerprint density at radius 1 is 1.44 bits per heavy atom. The van der Waals surface area contributed by atoms with Gasteiger partial charge < -0.3 is 5.11 Å². The molecule has 1 amide bonds. The first kappa shape index (κ1) is 15.2. The third-order valence-electron chi connectivity index (χ3n) is 1.89. The molecule has 0 aromatic rings. The molecule has 1 N–H and O–H groups in total. The highest BCUT2D eigenvalue weighted by atomic mass is 32.2. The van der Waals surface area contributed by atoms with Crippen molar-refractivity contribution in [2.24, 2.45) is 0 Å². The maximum Gasteiger partial charge on any atom is 0.408 e. The van der Waals surface area contributed by atoms with Crippen molar-refractivity contribution in [2.45, 2.75) is 39.3 Å². The molecular weight excluding hydrogens is 234 g/mol. The van der Waals surface area contributed by atoms with Crippen LogP contribution in [0.3, 0.4) is 0 Å². The molecule has 0 spiro atoms. The highest BCUT2D eigenvalue weighted by molar-refractivity contribution is 7.85. The molecule has 0 saturated heterocycles. The number of hydrogen-bond acceptors (Lipinski definition) is 4. The van der Waals surface area contributed by atoms with E-state index in [1.807, 2.05) is 0 Å². The fraction of sp³-hybridized carbons (Fsp3) is 0.889. The van der Waals surface area contributed by atoms with Crippen LogP contribution in [0.4, 0.5) is 4.79 Å². The molecule has 0 rings (SSSR count). The van der Waals surface area contributed by atoms with Gasteiger partial charge in [-0.1, -0.05) is 0 Å². The van der Waals surface area contributed by atoms with Gasteiger partial charge in [0.05, 0.1) is 18.9 Å². The predicted molar refractivity (Wildman–Crippen MR) is 59.9 cm³/mol. The lowest BCUT2D eigenvalue weighted by Crippen LogP contribution is -2.51. The lowest BCUT2D eigenvalue weighted by molar-refractivity contribution is 0.0588. The zero-order chi connectivity index (χ0) is 13.1. The smallest absolute Gasteiger partial charge is 0.408 e. The summed E-state index contributed by atoms with van der Waals surface area (Å²) >= 11 is 0. The summed E-state index contributed by atoms with van der Waals surface area (Å²) in [5.41, 5.74) is -0.605. The third-order valence-corrected chi connectivity index (χ3v) is 2.46. The van der Waals surface area contributed by atoms with E-state index >= 15 is 0 Å². The van der Waals surface area contributed by atoms with Gasteiger partial charge in [-0.25, -0.2) is 4.79 Å². The van der Waals surface area contributed by atoms with Crippen LogP contribution in [0.5, 0.6) is 0 Å². The van der Waals surface area contributed by atoms with Crippen molar-refractivity contribution < 1.29 is 22.5 Å².